The van der Waals surface area contributed by atoms with Gasteiger partial charge < -0.3 is 9.84 Å². The van der Waals surface area contributed by atoms with Crippen molar-refractivity contribution in [3.63, 3.8) is 0 Å². The van der Waals surface area contributed by atoms with E-state index in [-0.39, 0.29) is 5.56 Å². The highest BCUT2D eigenvalue weighted by atomic mass is 79.9. The van der Waals surface area contributed by atoms with Crippen LogP contribution in [0.4, 0.5) is 0 Å². The summed E-state index contributed by atoms with van der Waals surface area (Å²) in [5.41, 5.74) is 0.180. The molecule has 0 atom stereocenters. The summed E-state index contributed by atoms with van der Waals surface area (Å²) in [6.07, 6.45) is 2.09. The van der Waals surface area contributed by atoms with Crippen molar-refractivity contribution in [2.24, 2.45) is 0 Å². The maximum atomic E-state index is 10.9. The van der Waals surface area contributed by atoms with E-state index in [4.69, 9.17) is 15.1 Å². The van der Waals surface area contributed by atoms with Gasteiger partial charge in [0.1, 0.15) is 5.75 Å². The number of aromatic carboxylic acids is 1. The molecule has 0 aromatic heterocycles. The lowest BCUT2D eigenvalue weighted by Crippen LogP contribution is -2.01. The van der Waals surface area contributed by atoms with Gasteiger partial charge in [-0.05, 0) is 47.0 Å². The second-order valence-electron chi connectivity index (χ2n) is 3.41. The van der Waals surface area contributed by atoms with E-state index >= 15 is 0 Å². The number of halogens is 1. The summed E-state index contributed by atoms with van der Waals surface area (Å²) >= 11 is 3.16. The van der Waals surface area contributed by atoms with Gasteiger partial charge in [-0.3, -0.25) is 0 Å². The van der Waals surface area contributed by atoms with Gasteiger partial charge in [0, 0.05) is 10.9 Å². The third-order valence-corrected chi connectivity index (χ3v) is 2.81. The van der Waals surface area contributed by atoms with Gasteiger partial charge in [0.2, 0.25) is 0 Å². The van der Waals surface area contributed by atoms with Gasteiger partial charge in [-0.25, -0.2) is 4.79 Å². The molecule has 1 N–H and O–H groups in total. The molecular formula is C12H12BrNO3. The lowest BCUT2D eigenvalue weighted by Gasteiger charge is -2.07. The molecule has 0 saturated carbocycles. The second kappa shape index (κ2) is 6.92. The quantitative estimate of drug-likeness (QED) is 0.819. The summed E-state index contributed by atoms with van der Waals surface area (Å²) in [6.45, 7) is 0.488. The van der Waals surface area contributed by atoms with E-state index in [0.717, 1.165) is 12.8 Å². The summed E-state index contributed by atoms with van der Waals surface area (Å²) in [4.78, 5) is 10.9. The Morgan fingerprint density at radius 1 is 1.47 bits per heavy atom. The molecule has 0 bridgehead atoms. The van der Waals surface area contributed by atoms with Gasteiger partial charge in [0.05, 0.1) is 18.2 Å². The Hall–Kier alpha value is -1.54. The molecule has 5 heteroatoms. The van der Waals surface area contributed by atoms with Crippen molar-refractivity contribution < 1.29 is 14.6 Å². The lowest BCUT2D eigenvalue weighted by molar-refractivity contribution is 0.0695. The smallest absolute Gasteiger partial charge is 0.336 e. The average Bonchev–Trinajstić information content (AvgIpc) is 2.30. The van der Waals surface area contributed by atoms with Crippen molar-refractivity contribution >= 4 is 21.9 Å². The van der Waals surface area contributed by atoms with Crippen molar-refractivity contribution in [3.8, 4) is 11.8 Å². The van der Waals surface area contributed by atoms with Crippen molar-refractivity contribution in [1.82, 2.24) is 0 Å². The number of carboxylic acid groups (broad SMARTS) is 1. The molecule has 17 heavy (non-hydrogen) atoms. The molecule has 0 saturated heterocycles. The summed E-state index contributed by atoms with van der Waals surface area (Å²) in [5.74, 6) is -0.464. The van der Waals surface area contributed by atoms with Gasteiger partial charge in [0.15, 0.2) is 0 Å². The molecule has 0 aliphatic carbocycles. The number of hydrogen-bond acceptors (Lipinski definition) is 3. The number of unbranched alkanes of at least 4 members (excludes halogenated alkanes) is 2. The molecule has 0 aliphatic heterocycles. The molecule has 0 heterocycles. The number of hydrogen-bond donors (Lipinski definition) is 1. The molecule has 1 aromatic rings. The molecule has 1 aromatic carbocycles. The molecule has 4 nitrogen and oxygen atoms in total. The number of nitrogens with zero attached hydrogens (tertiary/aromatic N) is 1. The van der Waals surface area contributed by atoms with Gasteiger partial charge in [-0.1, -0.05) is 0 Å². The monoisotopic (exact) mass is 297 g/mol. The van der Waals surface area contributed by atoms with Crippen LogP contribution in [-0.2, 0) is 0 Å². The zero-order chi connectivity index (χ0) is 12.7. The van der Waals surface area contributed by atoms with Crippen LogP contribution in [0, 0.1) is 11.3 Å². The Bertz CT molecular complexity index is 440. The number of ether oxygens (including phenoxy) is 1. The van der Waals surface area contributed by atoms with Crippen molar-refractivity contribution in [1.29, 1.82) is 5.26 Å². The Morgan fingerprint density at radius 3 is 2.88 bits per heavy atom. The van der Waals surface area contributed by atoms with E-state index < -0.39 is 5.97 Å². The van der Waals surface area contributed by atoms with Gasteiger partial charge in [-0.15, -0.1) is 0 Å². The standard InChI is InChI=1S/C12H12BrNO3/c13-11-5-4-9(8-10(11)12(15)16)17-7-3-1-2-6-14/h4-5,8H,1-3,7H2,(H,15,16). The largest absolute Gasteiger partial charge is 0.494 e. The van der Waals surface area contributed by atoms with Gasteiger partial charge in [0.25, 0.3) is 0 Å². The summed E-state index contributed by atoms with van der Waals surface area (Å²) < 4.78 is 5.93. The number of benzene rings is 1. The van der Waals surface area contributed by atoms with E-state index in [9.17, 15) is 4.79 Å². The molecule has 0 aliphatic rings. The van der Waals surface area contributed by atoms with Crippen LogP contribution in [0.1, 0.15) is 29.6 Å². The molecule has 0 amide bonds. The second-order valence-corrected chi connectivity index (χ2v) is 4.26. The van der Waals surface area contributed by atoms with Crippen LogP contribution in [0.25, 0.3) is 0 Å². The van der Waals surface area contributed by atoms with Crippen LogP contribution in [0.3, 0.4) is 0 Å². The number of nitriles is 1. The normalized spacial score (nSPS) is 9.65. The average molecular weight is 298 g/mol. The summed E-state index contributed by atoms with van der Waals surface area (Å²) in [5, 5.41) is 17.3. The molecule has 0 radical (unpaired) electrons. The van der Waals surface area contributed by atoms with E-state index in [1.54, 1.807) is 12.1 Å². The van der Waals surface area contributed by atoms with Crippen LogP contribution in [-0.4, -0.2) is 17.7 Å². The molecule has 1 rings (SSSR count). The fourth-order valence-electron chi connectivity index (χ4n) is 1.25. The minimum Gasteiger partial charge on any atom is -0.494 e. The lowest BCUT2D eigenvalue weighted by atomic mass is 10.2. The van der Waals surface area contributed by atoms with Crippen molar-refractivity contribution in [3.05, 3.63) is 28.2 Å². The first-order chi connectivity index (χ1) is 8.15. The maximum absolute atomic E-state index is 10.9. The van der Waals surface area contributed by atoms with Crippen molar-refractivity contribution in [2.45, 2.75) is 19.3 Å². The predicted octanol–water partition coefficient (Wildman–Crippen LogP) is 3.22. The molecule has 90 valence electrons. The van der Waals surface area contributed by atoms with Crippen LogP contribution in [0.15, 0.2) is 22.7 Å². The molecule has 0 spiro atoms. The van der Waals surface area contributed by atoms with Crippen LogP contribution >= 0.6 is 15.9 Å². The minimum absolute atomic E-state index is 0.180. The van der Waals surface area contributed by atoms with E-state index in [1.807, 2.05) is 0 Å². The Kier molecular flexibility index (Phi) is 5.50. The number of carboxylic acids is 1. The molecule has 0 fully saturated rings. The van der Waals surface area contributed by atoms with E-state index in [0.29, 0.717) is 23.2 Å². The van der Waals surface area contributed by atoms with E-state index in [1.165, 1.54) is 6.07 Å². The number of rotatable bonds is 6. The Morgan fingerprint density at radius 2 is 2.24 bits per heavy atom. The first-order valence-corrected chi connectivity index (χ1v) is 5.97. The highest BCUT2D eigenvalue weighted by Gasteiger charge is 2.09. The SMILES string of the molecule is N#CCCCCOc1ccc(Br)c(C(=O)O)c1. The van der Waals surface area contributed by atoms with Gasteiger partial charge >= 0.3 is 5.97 Å². The Balaban J connectivity index is 2.52. The minimum atomic E-state index is -0.994. The third kappa shape index (κ3) is 4.45. The first-order valence-electron chi connectivity index (χ1n) is 5.17. The van der Waals surface area contributed by atoms with Crippen LogP contribution in [0.2, 0.25) is 0 Å². The molecule has 0 unspecified atom stereocenters. The highest BCUT2D eigenvalue weighted by Crippen LogP contribution is 2.22. The van der Waals surface area contributed by atoms with Crippen LogP contribution < -0.4 is 4.74 Å². The third-order valence-electron chi connectivity index (χ3n) is 2.12. The fraction of sp³-hybridized carbons (Fsp3) is 0.333. The summed E-state index contributed by atoms with van der Waals surface area (Å²) in [7, 11) is 0. The zero-order valence-electron chi connectivity index (χ0n) is 9.15. The van der Waals surface area contributed by atoms with Crippen LogP contribution in [0.5, 0.6) is 5.75 Å². The summed E-state index contributed by atoms with van der Waals surface area (Å²) in [6, 6.07) is 6.90. The topological polar surface area (TPSA) is 70.3 Å². The maximum Gasteiger partial charge on any atom is 0.336 e. The van der Waals surface area contributed by atoms with Gasteiger partial charge in [-0.2, -0.15) is 5.26 Å². The van der Waals surface area contributed by atoms with E-state index in [2.05, 4.69) is 22.0 Å². The Labute approximate surface area is 108 Å². The molecular weight excluding hydrogens is 286 g/mol. The van der Waals surface area contributed by atoms with Crippen molar-refractivity contribution in [2.75, 3.05) is 6.61 Å². The highest BCUT2D eigenvalue weighted by molar-refractivity contribution is 9.10. The fourth-order valence-corrected chi connectivity index (χ4v) is 1.67. The number of carbonyl (C=O) groups is 1. The first kappa shape index (κ1) is 13.5. The zero-order valence-corrected chi connectivity index (χ0v) is 10.7. The predicted molar refractivity (Wildman–Crippen MR) is 66.1 cm³/mol.